The van der Waals surface area contributed by atoms with E-state index < -0.39 is 0 Å². The monoisotopic (exact) mass is 220 g/mol. The van der Waals surface area contributed by atoms with Gasteiger partial charge in [-0.15, -0.1) is 0 Å². The van der Waals surface area contributed by atoms with Crippen molar-refractivity contribution in [1.29, 1.82) is 0 Å². The number of hydrogen-bond donors (Lipinski definition) is 0. The Bertz CT molecular complexity index is 665. The third-order valence-corrected chi connectivity index (χ3v) is 2.89. The van der Waals surface area contributed by atoms with E-state index in [0.717, 1.165) is 22.2 Å². The molecule has 17 heavy (non-hydrogen) atoms. The molecule has 2 nitrogen and oxygen atoms in total. The summed E-state index contributed by atoms with van der Waals surface area (Å²) < 4.78 is 2.09. The topological polar surface area (TPSA) is 17.8 Å². The van der Waals surface area contributed by atoms with Crippen LogP contribution in [-0.4, -0.2) is 9.55 Å². The van der Waals surface area contributed by atoms with Crippen LogP contribution in [0.15, 0.2) is 67.6 Å². The SMILES string of the molecule is C=C(c1ccccc1)n1ccc2cnccc21. The van der Waals surface area contributed by atoms with E-state index in [-0.39, 0.29) is 0 Å². The van der Waals surface area contributed by atoms with Crippen molar-refractivity contribution in [2.75, 3.05) is 0 Å². The van der Waals surface area contributed by atoms with Crippen molar-refractivity contribution >= 4 is 16.6 Å². The summed E-state index contributed by atoms with van der Waals surface area (Å²) in [4.78, 5) is 4.12. The van der Waals surface area contributed by atoms with Gasteiger partial charge in [-0.1, -0.05) is 36.9 Å². The molecule has 2 aromatic heterocycles. The smallest absolute Gasteiger partial charge is 0.0559 e. The van der Waals surface area contributed by atoms with Crippen LogP contribution in [0.2, 0.25) is 0 Å². The normalized spacial score (nSPS) is 10.6. The van der Waals surface area contributed by atoms with Gasteiger partial charge in [0.1, 0.15) is 0 Å². The fourth-order valence-electron chi connectivity index (χ4n) is 1.99. The van der Waals surface area contributed by atoms with Gasteiger partial charge in [-0.05, 0) is 17.7 Å². The first kappa shape index (κ1) is 9.85. The van der Waals surface area contributed by atoms with Gasteiger partial charge in [0.15, 0.2) is 0 Å². The van der Waals surface area contributed by atoms with Gasteiger partial charge < -0.3 is 4.57 Å². The summed E-state index contributed by atoms with van der Waals surface area (Å²) in [5, 5.41) is 1.13. The number of rotatable bonds is 2. The quantitative estimate of drug-likeness (QED) is 0.645. The maximum atomic E-state index is 4.16. The molecule has 0 amide bonds. The van der Waals surface area contributed by atoms with E-state index in [1.807, 2.05) is 36.7 Å². The lowest BCUT2D eigenvalue weighted by molar-refractivity contribution is 1.16. The first-order valence-electron chi connectivity index (χ1n) is 5.52. The Morgan fingerprint density at radius 2 is 1.88 bits per heavy atom. The fourth-order valence-corrected chi connectivity index (χ4v) is 1.99. The van der Waals surface area contributed by atoms with Crippen LogP contribution in [-0.2, 0) is 0 Å². The van der Waals surface area contributed by atoms with Gasteiger partial charge in [0.2, 0.25) is 0 Å². The second-order valence-corrected chi connectivity index (χ2v) is 3.93. The van der Waals surface area contributed by atoms with Crippen LogP contribution >= 0.6 is 0 Å². The zero-order chi connectivity index (χ0) is 11.7. The molecule has 0 aliphatic rings. The van der Waals surface area contributed by atoms with Crippen molar-refractivity contribution in [3.05, 3.63) is 73.2 Å². The molecule has 0 bridgehead atoms. The number of fused-ring (bicyclic) bond motifs is 1. The molecule has 0 unspecified atom stereocenters. The zero-order valence-electron chi connectivity index (χ0n) is 9.38. The highest BCUT2D eigenvalue weighted by Crippen LogP contribution is 2.22. The zero-order valence-corrected chi connectivity index (χ0v) is 9.38. The Balaban J connectivity index is 2.14. The minimum absolute atomic E-state index is 0.979. The molecule has 0 saturated carbocycles. The summed E-state index contributed by atoms with van der Waals surface area (Å²) in [5.74, 6) is 0. The Labute approximate surface area is 99.8 Å². The highest BCUT2D eigenvalue weighted by atomic mass is 15.0. The fraction of sp³-hybridized carbons (Fsp3) is 0. The Kier molecular flexibility index (Phi) is 2.26. The average molecular weight is 220 g/mol. The van der Waals surface area contributed by atoms with Crippen LogP contribution in [0.5, 0.6) is 0 Å². The van der Waals surface area contributed by atoms with Crippen molar-refractivity contribution in [3.63, 3.8) is 0 Å². The van der Waals surface area contributed by atoms with Gasteiger partial charge in [0, 0.05) is 29.7 Å². The van der Waals surface area contributed by atoms with Crippen molar-refractivity contribution in [2.45, 2.75) is 0 Å². The number of hydrogen-bond acceptors (Lipinski definition) is 1. The lowest BCUT2D eigenvalue weighted by Gasteiger charge is -2.08. The lowest BCUT2D eigenvalue weighted by atomic mass is 10.2. The van der Waals surface area contributed by atoms with E-state index in [0.29, 0.717) is 0 Å². The maximum Gasteiger partial charge on any atom is 0.0559 e. The van der Waals surface area contributed by atoms with Gasteiger partial charge in [0.05, 0.1) is 5.52 Å². The molecule has 0 radical (unpaired) electrons. The molecule has 0 N–H and O–H groups in total. The number of nitrogens with zero attached hydrogens (tertiary/aromatic N) is 2. The molecular weight excluding hydrogens is 208 g/mol. The Morgan fingerprint density at radius 3 is 2.71 bits per heavy atom. The molecule has 3 aromatic rings. The summed E-state index contributed by atoms with van der Waals surface area (Å²) in [6, 6.07) is 14.2. The number of aromatic nitrogens is 2. The van der Waals surface area contributed by atoms with Gasteiger partial charge in [-0.2, -0.15) is 0 Å². The van der Waals surface area contributed by atoms with Crippen molar-refractivity contribution in [2.24, 2.45) is 0 Å². The van der Waals surface area contributed by atoms with Crippen molar-refractivity contribution < 1.29 is 0 Å². The van der Waals surface area contributed by atoms with Gasteiger partial charge in [-0.25, -0.2) is 0 Å². The minimum Gasteiger partial charge on any atom is -0.316 e. The average Bonchev–Trinajstić information content (AvgIpc) is 2.83. The molecule has 0 atom stereocenters. The van der Waals surface area contributed by atoms with E-state index in [1.54, 1.807) is 6.20 Å². The molecule has 82 valence electrons. The summed E-state index contributed by atoms with van der Waals surface area (Å²) in [7, 11) is 0. The van der Waals surface area contributed by atoms with E-state index in [1.165, 1.54) is 0 Å². The molecule has 0 fully saturated rings. The molecule has 2 heteroatoms. The maximum absolute atomic E-state index is 4.16. The molecule has 3 rings (SSSR count). The molecule has 0 aliphatic heterocycles. The minimum atomic E-state index is 0.979. The third kappa shape index (κ3) is 1.64. The first-order valence-corrected chi connectivity index (χ1v) is 5.52. The molecule has 0 saturated heterocycles. The highest BCUT2D eigenvalue weighted by molar-refractivity contribution is 5.84. The standard InChI is InChI=1S/C15H12N2/c1-12(13-5-3-2-4-6-13)17-10-8-14-11-16-9-7-15(14)17/h2-11H,1H2. The van der Waals surface area contributed by atoms with Crippen LogP contribution in [0.1, 0.15) is 5.56 Å². The van der Waals surface area contributed by atoms with Gasteiger partial charge >= 0.3 is 0 Å². The number of pyridine rings is 1. The van der Waals surface area contributed by atoms with E-state index >= 15 is 0 Å². The van der Waals surface area contributed by atoms with Gasteiger partial charge in [0.25, 0.3) is 0 Å². The van der Waals surface area contributed by atoms with E-state index in [2.05, 4.69) is 34.3 Å². The molecule has 2 heterocycles. The van der Waals surface area contributed by atoms with Crippen molar-refractivity contribution in [3.8, 4) is 0 Å². The van der Waals surface area contributed by atoms with Crippen molar-refractivity contribution in [1.82, 2.24) is 9.55 Å². The molecule has 0 aliphatic carbocycles. The van der Waals surface area contributed by atoms with E-state index in [9.17, 15) is 0 Å². The lowest BCUT2D eigenvalue weighted by Crippen LogP contribution is -1.95. The van der Waals surface area contributed by atoms with Crippen LogP contribution in [0.25, 0.3) is 16.6 Å². The summed E-state index contributed by atoms with van der Waals surface area (Å²) in [5.41, 5.74) is 3.24. The van der Waals surface area contributed by atoms with Crippen LogP contribution in [0, 0.1) is 0 Å². The summed E-state index contributed by atoms with van der Waals surface area (Å²) in [6.07, 6.45) is 5.70. The predicted molar refractivity (Wildman–Crippen MR) is 70.6 cm³/mol. The second kappa shape index (κ2) is 3.91. The molecule has 0 spiro atoms. The first-order chi connectivity index (χ1) is 8.36. The second-order valence-electron chi connectivity index (χ2n) is 3.93. The van der Waals surface area contributed by atoms with Crippen LogP contribution in [0.3, 0.4) is 0 Å². The highest BCUT2D eigenvalue weighted by Gasteiger charge is 2.04. The Morgan fingerprint density at radius 1 is 1.06 bits per heavy atom. The van der Waals surface area contributed by atoms with Gasteiger partial charge in [-0.3, -0.25) is 4.98 Å². The predicted octanol–water partition coefficient (Wildman–Crippen LogP) is 3.56. The Hall–Kier alpha value is -2.35. The largest absolute Gasteiger partial charge is 0.316 e. The molecule has 1 aromatic carbocycles. The number of benzene rings is 1. The summed E-state index contributed by atoms with van der Waals surface area (Å²) >= 11 is 0. The summed E-state index contributed by atoms with van der Waals surface area (Å²) in [6.45, 7) is 4.16. The molecular formula is C15H12N2. The van der Waals surface area contributed by atoms with Crippen LogP contribution in [0.4, 0.5) is 0 Å². The van der Waals surface area contributed by atoms with E-state index in [4.69, 9.17) is 0 Å². The third-order valence-electron chi connectivity index (χ3n) is 2.89. The van der Waals surface area contributed by atoms with Crippen LogP contribution < -0.4 is 0 Å².